The Morgan fingerprint density at radius 2 is 2.17 bits per heavy atom. The normalized spacial score (nSPS) is 17.7. The Labute approximate surface area is 171 Å². The van der Waals surface area contributed by atoms with Gasteiger partial charge in [-0.1, -0.05) is 6.92 Å². The summed E-state index contributed by atoms with van der Waals surface area (Å²) < 4.78 is 12.9. The van der Waals surface area contributed by atoms with E-state index >= 15 is 0 Å². The predicted molar refractivity (Wildman–Crippen MR) is 109 cm³/mol. The van der Waals surface area contributed by atoms with Crippen LogP contribution < -0.4 is 5.32 Å². The number of aromatic nitrogens is 2. The zero-order valence-corrected chi connectivity index (χ0v) is 17.3. The van der Waals surface area contributed by atoms with E-state index in [-0.39, 0.29) is 18.5 Å². The number of nitrogens with zero attached hydrogens (tertiary/aromatic N) is 3. The molecule has 0 atom stereocenters. The monoisotopic (exact) mass is 402 g/mol. The number of carbonyl (C=O) groups excluding carboxylic acids is 2. The number of fused-ring (bicyclic) bond motifs is 1. The summed E-state index contributed by atoms with van der Waals surface area (Å²) in [6.45, 7) is 6.71. The number of hydrogen-bond acceptors (Lipinski definition) is 6. The molecule has 1 aromatic heterocycles. The molecule has 0 aliphatic carbocycles. The van der Waals surface area contributed by atoms with Gasteiger partial charge in [-0.3, -0.25) is 14.5 Å². The Hall–Kier alpha value is -2.48. The van der Waals surface area contributed by atoms with Crippen LogP contribution in [-0.4, -0.2) is 53.7 Å². The van der Waals surface area contributed by atoms with Gasteiger partial charge in [-0.05, 0) is 38.7 Å². The average Bonchev–Trinajstić information content (AvgIpc) is 3.29. The van der Waals surface area contributed by atoms with Crippen LogP contribution in [-0.2, 0) is 33.7 Å². The van der Waals surface area contributed by atoms with E-state index in [1.807, 2.05) is 18.5 Å². The number of aryl methyl sites for hydroxylation is 2. The van der Waals surface area contributed by atoms with E-state index in [2.05, 4.69) is 15.4 Å². The van der Waals surface area contributed by atoms with Crippen molar-refractivity contribution in [3.63, 3.8) is 0 Å². The highest BCUT2D eigenvalue weighted by Crippen LogP contribution is 2.19. The summed E-state index contributed by atoms with van der Waals surface area (Å²) in [5.41, 5.74) is 3.77. The van der Waals surface area contributed by atoms with Crippen molar-refractivity contribution < 1.29 is 19.1 Å². The fourth-order valence-electron chi connectivity index (χ4n) is 3.53. The van der Waals surface area contributed by atoms with Gasteiger partial charge in [0.1, 0.15) is 5.70 Å². The van der Waals surface area contributed by atoms with Gasteiger partial charge in [-0.25, -0.2) is 4.79 Å². The van der Waals surface area contributed by atoms with Gasteiger partial charge in [0.25, 0.3) is 5.91 Å². The van der Waals surface area contributed by atoms with Crippen molar-refractivity contribution in [2.45, 2.75) is 58.9 Å². The molecule has 3 rings (SSSR count). The highest BCUT2D eigenvalue weighted by molar-refractivity contribution is 5.98. The van der Waals surface area contributed by atoms with Gasteiger partial charge in [-0.15, -0.1) is 0 Å². The SMILES string of the molecule is CCc1nn(CCCOC(=O)C2=CCC(C)=N2)c2c1C(=O)NCCCOCCC2. The minimum atomic E-state index is -0.382. The molecule has 0 bridgehead atoms. The molecule has 0 spiro atoms. The van der Waals surface area contributed by atoms with Crippen molar-refractivity contribution in [3.8, 4) is 0 Å². The summed E-state index contributed by atoms with van der Waals surface area (Å²) in [7, 11) is 0. The van der Waals surface area contributed by atoms with Crippen LogP contribution in [0.2, 0.25) is 0 Å². The van der Waals surface area contributed by atoms with Crippen molar-refractivity contribution in [2.75, 3.05) is 26.4 Å². The Kier molecular flexibility index (Phi) is 7.57. The molecular weight excluding hydrogens is 372 g/mol. The Morgan fingerprint density at radius 3 is 2.93 bits per heavy atom. The third-order valence-corrected chi connectivity index (χ3v) is 5.00. The van der Waals surface area contributed by atoms with Crippen molar-refractivity contribution in [1.82, 2.24) is 15.1 Å². The first-order valence-corrected chi connectivity index (χ1v) is 10.5. The van der Waals surface area contributed by atoms with Gasteiger partial charge in [0.05, 0.1) is 23.6 Å². The van der Waals surface area contributed by atoms with Crippen LogP contribution in [0.4, 0.5) is 0 Å². The summed E-state index contributed by atoms with van der Waals surface area (Å²) in [5, 5.41) is 7.66. The number of esters is 1. The molecule has 0 fully saturated rings. The van der Waals surface area contributed by atoms with Crippen LogP contribution in [0.1, 0.15) is 61.3 Å². The number of allylic oxidation sites excluding steroid dienone is 1. The first kappa shape index (κ1) is 21.2. The lowest BCUT2D eigenvalue weighted by Crippen LogP contribution is -2.26. The summed E-state index contributed by atoms with van der Waals surface area (Å²) in [5.74, 6) is -0.440. The Morgan fingerprint density at radius 1 is 1.34 bits per heavy atom. The van der Waals surface area contributed by atoms with Gasteiger partial charge in [0.2, 0.25) is 0 Å². The van der Waals surface area contributed by atoms with Crippen LogP contribution in [0, 0.1) is 0 Å². The second kappa shape index (κ2) is 10.3. The smallest absolute Gasteiger partial charge is 0.356 e. The number of aliphatic imine (C=N–C) groups is 1. The first-order chi connectivity index (χ1) is 14.1. The van der Waals surface area contributed by atoms with E-state index in [0.717, 1.165) is 36.4 Å². The minimum Gasteiger partial charge on any atom is -0.461 e. The number of carbonyl (C=O) groups is 2. The van der Waals surface area contributed by atoms with Crippen LogP contribution in [0.3, 0.4) is 0 Å². The van der Waals surface area contributed by atoms with Crippen molar-refractivity contribution in [1.29, 1.82) is 0 Å². The number of ether oxygens (including phenoxy) is 2. The summed E-state index contributed by atoms with van der Waals surface area (Å²) in [6.07, 6.45) is 6.19. The second-order valence-electron chi connectivity index (χ2n) is 7.30. The number of amides is 1. The topological polar surface area (TPSA) is 94.8 Å². The van der Waals surface area contributed by atoms with Gasteiger partial charge in [0, 0.05) is 44.9 Å². The molecule has 8 nitrogen and oxygen atoms in total. The molecule has 1 amide bonds. The highest BCUT2D eigenvalue weighted by atomic mass is 16.5. The maximum absolute atomic E-state index is 12.7. The zero-order chi connectivity index (χ0) is 20.6. The van der Waals surface area contributed by atoms with Crippen LogP contribution in [0.5, 0.6) is 0 Å². The lowest BCUT2D eigenvalue weighted by atomic mass is 10.1. The molecule has 0 unspecified atom stereocenters. The maximum Gasteiger partial charge on any atom is 0.356 e. The number of nitrogens with one attached hydrogen (secondary N) is 1. The molecule has 2 aliphatic rings. The van der Waals surface area contributed by atoms with Crippen molar-refractivity contribution in [3.05, 3.63) is 28.7 Å². The van der Waals surface area contributed by atoms with Crippen molar-refractivity contribution in [2.24, 2.45) is 4.99 Å². The lowest BCUT2D eigenvalue weighted by Gasteiger charge is -2.10. The summed E-state index contributed by atoms with van der Waals surface area (Å²) >= 11 is 0. The summed E-state index contributed by atoms with van der Waals surface area (Å²) in [4.78, 5) is 28.9. The van der Waals surface area contributed by atoms with Crippen molar-refractivity contribution >= 4 is 17.6 Å². The minimum absolute atomic E-state index is 0.0576. The molecule has 1 N–H and O–H groups in total. The molecular formula is C21H30N4O4. The van der Waals surface area contributed by atoms with Crippen LogP contribution >= 0.6 is 0 Å². The molecule has 0 radical (unpaired) electrons. The third kappa shape index (κ3) is 5.53. The molecule has 29 heavy (non-hydrogen) atoms. The molecule has 0 saturated carbocycles. The van der Waals surface area contributed by atoms with Gasteiger partial charge in [-0.2, -0.15) is 5.10 Å². The number of rotatable bonds is 6. The fraction of sp³-hybridized carbons (Fsp3) is 0.619. The zero-order valence-electron chi connectivity index (χ0n) is 17.3. The van der Waals surface area contributed by atoms with E-state index in [9.17, 15) is 9.59 Å². The predicted octanol–water partition coefficient (Wildman–Crippen LogP) is 2.21. The van der Waals surface area contributed by atoms with E-state index in [1.54, 1.807) is 6.08 Å². The summed E-state index contributed by atoms with van der Waals surface area (Å²) in [6, 6.07) is 0. The molecule has 8 heteroatoms. The second-order valence-corrected chi connectivity index (χ2v) is 7.30. The van der Waals surface area contributed by atoms with Crippen LogP contribution in [0.15, 0.2) is 16.8 Å². The third-order valence-electron chi connectivity index (χ3n) is 5.00. The molecule has 0 aromatic carbocycles. The first-order valence-electron chi connectivity index (χ1n) is 10.5. The fourth-order valence-corrected chi connectivity index (χ4v) is 3.53. The highest BCUT2D eigenvalue weighted by Gasteiger charge is 2.23. The Bertz CT molecular complexity index is 810. The van der Waals surface area contributed by atoms with Gasteiger partial charge in [0.15, 0.2) is 0 Å². The van der Waals surface area contributed by atoms with Crippen LogP contribution in [0.25, 0.3) is 0 Å². The number of hydrogen-bond donors (Lipinski definition) is 1. The van der Waals surface area contributed by atoms with Gasteiger partial charge >= 0.3 is 5.97 Å². The molecule has 1 aromatic rings. The quantitative estimate of drug-likeness (QED) is 0.581. The van der Waals surface area contributed by atoms with Gasteiger partial charge < -0.3 is 14.8 Å². The molecule has 2 aliphatic heterocycles. The molecule has 0 saturated heterocycles. The van der Waals surface area contributed by atoms with E-state index in [4.69, 9.17) is 9.47 Å². The van der Waals surface area contributed by atoms with E-state index in [1.165, 1.54) is 0 Å². The average molecular weight is 402 g/mol. The maximum atomic E-state index is 12.7. The lowest BCUT2D eigenvalue weighted by molar-refractivity contribution is -0.139. The molecule has 3 heterocycles. The largest absolute Gasteiger partial charge is 0.461 e. The Balaban J connectivity index is 1.64. The standard InChI is InChI=1S/C21H30N4O4/c1-3-16-19-18(7-4-12-28-13-5-10-22-20(19)26)25(24-16)11-6-14-29-21(27)17-9-8-15(2)23-17/h9H,3-8,10-14H2,1-2H3,(H,22,26). The van der Waals surface area contributed by atoms with E-state index < -0.39 is 0 Å². The molecule has 158 valence electrons. The van der Waals surface area contributed by atoms with E-state index in [0.29, 0.717) is 56.8 Å².